The van der Waals surface area contributed by atoms with Gasteiger partial charge in [0.15, 0.2) is 0 Å². The normalized spacial score (nSPS) is 11.6. The first-order valence-corrected chi connectivity index (χ1v) is 9.77. The lowest BCUT2D eigenvalue weighted by Crippen LogP contribution is -2.48. The highest BCUT2D eigenvalue weighted by Gasteiger charge is 2.26. The molecule has 1 atom stereocenters. The van der Waals surface area contributed by atoms with Crippen LogP contribution in [0.5, 0.6) is 5.75 Å². The van der Waals surface area contributed by atoms with Gasteiger partial charge >= 0.3 is 0 Å². The molecule has 150 valence electrons. The Hall–Kier alpha value is -2.53. The van der Waals surface area contributed by atoms with Crippen LogP contribution in [0, 0.1) is 0 Å². The van der Waals surface area contributed by atoms with Gasteiger partial charge in [-0.2, -0.15) is 0 Å². The summed E-state index contributed by atoms with van der Waals surface area (Å²) < 4.78 is 5.27. The smallest absolute Gasteiger partial charge is 0.242 e. The molecule has 5 nitrogen and oxygen atoms in total. The maximum absolute atomic E-state index is 13.1. The molecule has 0 aliphatic rings. The van der Waals surface area contributed by atoms with Crippen molar-refractivity contribution in [3.8, 4) is 5.75 Å². The van der Waals surface area contributed by atoms with Crippen molar-refractivity contribution >= 4 is 23.4 Å². The molecule has 6 heteroatoms. The SMILES string of the molecule is CCCNC(=O)[C@@H](C)N(Cc1cccc(OC)c1)C(=O)Cc1ccccc1Cl. The molecule has 0 aliphatic carbocycles. The van der Waals surface area contributed by atoms with Crippen molar-refractivity contribution in [3.63, 3.8) is 0 Å². The number of carbonyl (C=O) groups excluding carboxylic acids is 2. The number of nitrogens with zero attached hydrogens (tertiary/aromatic N) is 1. The largest absolute Gasteiger partial charge is 0.497 e. The lowest BCUT2D eigenvalue weighted by atomic mass is 10.1. The molecule has 1 N–H and O–H groups in total. The highest BCUT2D eigenvalue weighted by atomic mass is 35.5. The van der Waals surface area contributed by atoms with Crippen LogP contribution >= 0.6 is 11.6 Å². The number of benzene rings is 2. The van der Waals surface area contributed by atoms with Crippen molar-refractivity contribution in [2.24, 2.45) is 0 Å². The van der Waals surface area contributed by atoms with Gasteiger partial charge in [-0.15, -0.1) is 0 Å². The van der Waals surface area contributed by atoms with Crippen LogP contribution in [-0.2, 0) is 22.6 Å². The fraction of sp³-hybridized carbons (Fsp3) is 0.364. The molecular weight excluding hydrogens is 376 g/mol. The number of nitrogens with one attached hydrogen (secondary N) is 1. The molecule has 28 heavy (non-hydrogen) atoms. The average molecular weight is 403 g/mol. The maximum atomic E-state index is 13.1. The number of hydrogen-bond donors (Lipinski definition) is 1. The van der Waals surface area contributed by atoms with E-state index in [1.54, 1.807) is 25.0 Å². The maximum Gasteiger partial charge on any atom is 0.242 e. The van der Waals surface area contributed by atoms with E-state index in [4.69, 9.17) is 16.3 Å². The molecule has 0 heterocycles. The number of ether oxygens (including phenoxy) is 1. The molecule has 0 saturated heterocycles. The monoisotopic (exact) mass is 402 g/mol. The van der Waals surface area contributed by atoms with E-state index in [1.165, 1.54) is 0 Å². The van der Waals surface area contributed by atoms with Gasteiger partial charge in [0, 0.05) is 18.1 Å². The Bertz CT molecular complexity index is 810. The minimum Gasteiger partial charge on any atom is -0.497 e. The van der Waals surface area contributed by atoms with E-state index >= 15 is 0 Å². The molecule has 0 saturated carbocycles. The van der Waals surface area contributed by atoms with E-state index < -0.39 is 6.04 Å². The first-order valence-electron chi connectivity index (χ1n) is 9.39. The number of amides is 2. The minimum atomic E-state index is -0.604. The summed E-state index contributed by atoms with van der Waals surface area (Å²) in [5.74, 6) is 0.381. The summed E-state index contributed by atoms with van der Waals surface area (Å²) in [6.45, 7) is 4.62. The second-order valence-electron chi connectivity index (χ2n) is 6.61. The van der Waals surface area contributed by atoms with Gasteiger partial charge in [-0.3, -0.25) is 9.59 Å². The molecule has 0 radical (unpaired) electrons. The van der Waals surface area contributed by atoms with Crippen molar-refractivity contribution in [2.45, 2.75) is 39.3 Å². The summed E-state index contributed by atoms with van der Waals surface area (Å²) in [4.78, 5) is 27.2. The summed E-state index contributed by atoms with van der Waals surface area (Å²) in [7, 11) is 1.60. The van der Waals surface area contributed by atoms with Crippen molar-refractivity contribution in [1.29, 1.82) is 0 Å². The average Bonchev–Trinajstić information content (AvgIpc) is 2.71. The fourth-order valence-corrected chi connectivity index (χ4v) is 3.05. The van der Waals surface area contributed by atoms with Crippen molar-refractivity contribution in [1.82, 2.24) is 10.2 Å². The van der Waals surface area contributed by atoms with Crippen molar-refractivity contribution < 1.29 is 14.3 Å². The number of methoxy groups -OCH3 is 1. The second-order valence-corrected chi connectivity index (χ2v) is 7.02. The number of carbonyl (C=O) groups is 2. The molecular formula is C22H27ClN2O3. The van der Waals surface area contributed by atoms with Gasteiger partial charge in [0.25, 0.3) is 0 Å². The molecule has 2 aromatic rings. The number of rotatable bonds is 9. The predicted octanol–water partition coefficient (Wildman–Crippen LogP) is 3.83. The van der Waals surface area contributed by atoms with Gasteiger partial charge in [-0.1, -0.05) is 48.9 Å². The standard InChI is InChI=1S/C22H27ClN2O3/c1-4-12-24-22(27)16(2)25(15-17-8-7-10-19(13-17)28-3)21(26)14-18-9-5-6-11-20(18)23/h5-11,13,16H,4,12,14-15H2,1-3H3,(H,24,27)/t16-/m1/s1. The Kier molecular flexibility index (Phi) is 8.33. The molecule has 2 amide bonds. The van der Waals surface area contributed by atoms with Crippen molar-refractivity contribution in [2.75, 3.05) is 13.7 Å². The lowest BCUT2D eigenvalue weighted by Gasteiger charge is -2.29. The molecule has 0 aromatic heterocycles. The molecule has 2 aromatic carbocycles. The van der Waals surface area contributed by atoms with Gasteiger partial charge in [0.2, 0.25) is 11.8 Å². The van der Waals surface area contributed by atoms with Crippen LogP contribution < -0.4 is 10.1 Å². The Labute approximate surface area is 171 Å². The first-order chi connectivity index (χ1) is 13.5. The third-order valence-corrected chi connectivity index (χ3v) is 4.87. The summed E-state index contributed by atoms with van der Waals surface area (Å²) >= 11 is 6.22. The Morgan fingerprint density at radius 3 is 2.61 bits per heavy atom. The first kappa shape index (κ1) is 21.8. The molecule has 0 unspecified atom stereocenters. The molecule has 0 aliphatic heterocycles. The van der Waals surface area contributed by atoms with E-state index in [2.05, 4.69) is 5.32 Å². The highest BCUT2D eigenvalue weighted by molar-refractivity contribution is 6.31. The zero-order valence-electron chi connectivity index (χ0n) is 16.6. The summed E-state index contributed by atoms with van der Waals surface area (Å²) in [6, 6.07) is 14.1. The van der Waals surface area contributed by atoms with Gasteiger partial charge in [0.1, 0.15) is 11.8 Å². The van der Waals surface area contributed by atoms with Gasteiger partial charge < -0.3 is 15.0 Å². The van der Waals surface area contributed by atoms with E-state index in [1.807, 2.05) is 49.4 Å². The van der Waals surface area contributed by atoms with Crippen LogP contribution in [-0.4, -0.2) is 36.4 Å². The molecule has 0 fully saturated rings. The van der Waals surface area contributed by atoms with Crippen LogP contribution in [0.25, 0.3) is 0 Å². The fourth-order valence-electron chi connectivity index (χ4n) is 2.85. The molecule has 0 spiro atoms. The van der Waals surface area contributed by atoms with E-state index in [9.17, 15) is 9.59 Å². The molecule has 2 rings (SSSR count). The number of halogens is 1. The Morgan fingerprint density at radius 1 is 1.18 bits per heavy atom. The van der Waals surface area contributed by atoms with Crippen LogP contribution in [0.1, 0.15) is 31.4 Å². The van der Waals surface area contributed by atoms with E-state index in [-0.39, 0.29) is 18.2 Å². The zero-order chi connectivity index (χ0) is 20.5. The third-order valence-electron chi connectivity index (χ3n) is 4.50. The van der Waals surface area contributed by atoms with Gasteiger partial charge in [-0.05, 0) is 42.7 Å². The van der Waals surface area contributed by atoms with Gasteiger partial charge in [0.05, 0.1) is 13.5 Å². The van der Waals surface area contributed by atoms with Crippen LogP contribution in [0.15, 0.2) is 48.5 Å². The topological polar surface area (TPSA) is 58.6 Å². The van der Waals surface area contributed by atoms with Crippen LogP contribution in [0.2, 0.25) is 5.02 Å². The Balaban J connectivity index is 2.24. The molecule has 0 bridgehead atoms. The summed E-state index contributed by atoms with van der Waals surface area (Å²) in [5.41, 5.74) is 1.63. The second kappa shape index (κ2) is 10.7. The van der Waals surface area contributed by atoms with Gasteiger partial charge in [-0.25, -0.2) is 0 Å². The number of hydrogen-bond acceptors (Lipinski definition) is 3. The van der Waals surface area contributed by atoms with Crippen molar-refractivity contribution in [3.05, 3.63) is 64.7 Å². The quantitative estimate of drug-likeness (QED) is 0.693. The minimum absolute atomic E-state index is 0.134. The predicted molar refractivity (Wildman–Crippen MR) is 111 cm³/mol. The highest BCUT2D eigenvalue weighted by Crippen LogP contribution is 2.20. The summed E-state index contributed by atoms with van der Waals surface area (Å²) in [5, 5.41) is 3.41. The third kappa shape index (κ3) is 5.99. The van der Waals surface area contributed by atoms with E-state index in [0.717, 1.165) is 17.5 Å². The Morgan fingerprint density at radius 2 is 1.93 bits per heavy atom. The summed E-state index contributed by atoms with van der Waals surface area (Å²) in [6.07, 6.45) is 0.969. The van der Waals surface area contributed by atoms with Crippen LogP contribution in [0.4, 0.5) is 0 Å². The van der Waals surface area contributed by atoms with Crippen LogP contribution in [0.3, 0.4) is 0 Å². The van der Waals surface area contributed by atoms with E-state index in [0.29, 0.717) is 23.9 Å². The zero-order valence-corrected chi connectivity index (χ0v) is 17.3. The lowest BCUT2D eigenvalue weighted by molar-refractivity contribution is -0.140.